The molecule has 2 heterocycles. The number of likely N-dealkylation sites (tertiary alicyclic amines) is 1. The van der Waals surface area contributed by atoms with Crippen LogP contribution in [-0.4, -0.2) is 44.9 Å². The zero-order chi connectivity index (χ0) is 17.3. The van der Waals surface area contributed by atoms with E-state index in [4.69, 9.17) is 0 Å². The zero-order valence-corrected chi connectivity index (χ0v) is 14.6. The Morgan fingerprint density at radius 2 is 2.21 bits per heavy atom. The first kappa shape index (κ1) is 16.7. The van der Waals surface area contributed by atoms with Gasteiger partial charge in [-0.3, -0.25) is 9.48 Å². The molecule has 1 saturated heterocycles. The van der Waals surface area contributed by atoms with Crippen molar-refractivity contribution >= 4 is 5.91 Å². The zero-order valence-electron chi connectivity index (χ0n) is 14.6. The van der Waals surface area contributed by atoms with Crippen LogP contribution >= 0.6 is 0 Å². The first-order chi connectivity index (χ1) is 11.5. The van der Waals surface area contributed by atoms with Crippen molar-refractivity contribution in [3.8, 4) is 11.1 Å². The molecule has 2 unspecified atom stereocenters. The summed E-state index contributed by atoms with van der Waals surface area (Å²) in [5.74, 6) is 0.322. The van der Waals surface area contributed by atoms with Gasteiger partial charge in [0.1, 0.15) is 0 Å². The molecule has 3 rings (SSSR count). The standard InChI is InChI=1S/C19H25N3O2/c1-13-6-7-16(15-10-20-21(3)11-15)17(9-13)19(24)22-8-4-5-14(2)18(22)12-23/h6-7,9-11,14,18,23H,4-5,8,12H2,1-3H3. The van der Waals surface area contributed by atoms with Crippen LogP contribution < -0.4 is 0 Å². The summed E-state index contributed by atoms with van der Waals surface area (Å²) in [5, 5.41) is 14.0. The third kappa shape index (κ3) is 3.08. The maximum absolute atomic E-state index is 13.3. The number of benzene rings is 1. The number of aromatic nitrogens is 2. The largest absolute Gasteiger partial charge is 0.394 e. The Morgan fingerprint density at radius 3 is 2.88 bits per heavy atom. The van der Waals surface area contributed by atoms with E-state index in [0.717, 1.165) is 29.5 Å². The lowest BCUT2D eigenvalue weighted by atomic mass is 9.90. The van der Waals surface area contributed by atoms with Gasteiger partial charge < -0.3 is 10.0 Å². The Bertz CT molecular complexity index is 738. The number of hydrogen-bond acceptors (Lipinski definition) is 3. The van der Waals surface area contributed by atoms with E-state index < -0.39 is 0 Å². The Kier molecular flexibility index (Phi) is 4.71. The van der Waals surface area contributed by atoms with E-state index in [1.807, 2.05) is 43.3 Å². The lowest BCUT2D eigenvalue weighted by molar-refractivity contribution is 0.0359. The molecule has 1 aromatic carbocycles. The van der Waals surface area contributed by atoms with Crippen molar-refractivity contribution in [2.24, 2.45) is 13.0 Å². The number of amides is 1. The average molecular weight is 327 g/mol. The molecule has 0 aliphatic carbocycles. The van der Waals surface area contributed by atoms with Crippen LogP contribution in [0, 0.1) is 12.8 Å². The monoisotopic (exact) mass is 327 g/mol. The Labute approximate surface area is 142 Å². The second-order valence-electron chi connectivity index (χ2n) is 6.82. The maximum atomic E-state index is 13.3. The third-order valence-electron chi connectivity index (χ3n) is 4.98. The van der Waals surface area contributed by atoms with Crippen molar-refractivity contribution in [3.05, 3.63) is 41.7 Å². The number of carbonyl (C=O) groups excluding carboxylic acids is 1. The molecule has 0 spiro atoms. The van der Waals surface area contributed by atoms with E-state index in [2.05, 4.69) is 12.0 Å². The molecule has 1 aliphatic rings. The number of aliphatic hydroxyl groups is 1. The van der Waals surface area contributed by atoms with E-state index in [1.54, 1.807) is 10.9 Å². The molecule has 5 heteroatoms. The molecule has 1 aliphatic heterocycles. The van der Waals surface area contributed by atoms with Gasteiger partial charge in [0.25, 0.3) is 5.91 Å². The van der Waals surface area contributed by atoms with Gasteiger partial charge in [-0.1, -0.05) is 24.6 Å². The third-order valence-corrected chi connectivity index (χ3v) is 4.98. The van der Waals surface area contributed by atoms with Crippen molar-refractivity contribution in [2.45, 2.75) is 32.7 Å². The van der Waals surface area contributed by atoms with Gasteiger partial charge in [-0.05, 0) is 37.3 Å². The highest BCUT2D eigenvalue weighted by atomic mass is 16.3. The summed E-state index contributed by atoms with van der Waals surface area (Å²) in [6.45, 7) is 4.82. The second-order valence-corrected chi connectivity index (χ2v) is 6.82. The SMILES string of the molecule is Cc1ccc(-c2cnn(C)c2)c(C(=O)N2CCCC(C)C2CO)c1. The summed E-state index contributed by atoms with van der Waals surface area (Å²) in [6, 6.07) is 5.84. The number of hydrogen-bond donors (Lipinski definition) is 1. The van der Waals surface area contributed by atoms with E-state index in [1.165, 1.54) is 0 Å². The molecule has 1 aromatic heterocycles. The van der Waals surface area contributed by atoms with Crippen molar-refractivity contribution in [1.82, 2.24) is 14.7 Å². The van der Waals surface area contributed by atoms with E-state index >= 15 is 0 Å². The molecule has 24 heavy (non-hydrogen) atoms. The highest BCUT2D eigenvalue weighted by Crippen LogP contribution is 2.29. The predicted octanol–water partition coefficient (Wildman–Crippen LogP) is 2.63. The number of piperidine rings is 1. The van der Waals surface area contributed by atoms with Crippen molar-refractivity contribution in [2.75, 3.05) is 13.2 Å². The number of nitrogens with zero attached hydrogens (tertiary/aromatic N) is 3. The van der Waals surface area contributed by atoms with Gasteiger partial charge in [-0.2, -0.15) is 5.10 Å². The number of aliphatic hydroxyl groups excluding tert-OH is 1. The summed E-state index contributed by atoms with van der Waals surface area (Å²) >= 11 is 0. The van der Waals surface area contributed by atoms with Gasteiger partial charge in [0.2, 0.25) is 0 Å². The molecule has 128 valence electrons. The molecule has 1 fully saturated rings. The molecule has 0 saturated carbocycles. The van der Waals surface area contributed by atoms with Crippen LogP contribution in [0.1, 0.15) is 35.7 Å². The Hall–Kier alpha value is -2.14. The molecule has 5 nitrogen and oxygen atoms in total. The summed E-state index contributed by atoms with van der Waals surface area (Å²) in [7, 11) is 1.87. The fourth-order valence-electron chi connectivity index (χ4n) is 3.58. The first-order valence-electron chi connectivity index (χ1n) is 8.52. The van der Waals surface area contributed by atoms with Crippen LogP contribution in [0.25, 0.3) is 11.1 Å². The summed E-state index contributed by atoms with van der Waals surface area (Å²) in [6.07, 6.45) is 5.74. The summed E-state index contributed by atoms with van der Waals surface area (Å²) in [5.41, 5.74) is 3.58. The number of aryl methyl sites for hydroxylation is 2. The van der Waals surface area contributed by atoms with Gasteiger partial charge in [0.05, 0.1) is 18.8 Å². The topological polar surface area (TPSA) is 58.4 Å². The fraction of sp³-hybridized carbons (Fsp3) is 0.474. The van der Waals surface area contributed by atoms with Crippen LogP contribution in [-0.2, 0) is 7.05 Å². The Balaban J connectivity index is 2.01. The van der Waals surface area contributed by atoms with Crippen molar-refractivity contribution < 1.29 is 9.90 Å². The molecule has 0 bridgehead atoms. The van der Waals surface area contributed by atoms with Crippen LogP contribution in [0.3, 0.4) is 0 Å². The fourth-order valence-corrected chi connectivity index (χ4v) is 3.58. The summed E-state index contributed by atoms with van der Waals surface area (Å²) < 4.78 is 1.74. The molecular formula is C19H25N3O2. The lowest BCUT2D eigenvalue weighted by Crippen LogP contribution is -2.49. The average Bonchev–Trinajstić information content (AvgIpc) is 3.00. The van der Waals surface area contributed by atoms with Gasteiger partial charge in [-0.15, -0.1) is 0 Å². The normalized spacial score (nSPS) is 21.1. The lowest BCUT2D eigenvalue weighted by Gasteiger charge is -2.39. The van der Waals surface area contributed by atoms with Gasteiger partial charge >= 0.3 is 0 Å². The predicted molar refractivity (Wildman–Crippen MR) is 93.7 cm³/mol. The van der Waals surface area contributed by atoms with Crippen molar-refractivity contribution in [3.63, 3.8) is 0 Å². The number of carbonyl (C=O) groups is 1. The smallest absolute Gasteiger partial charge is 0.254 e. The molecule has 0 radical (unpaired) electrons. The van der Waals surface area contributed by atoms with Gasteiger partial charge in [-0.25, -0.2) is 0 Å². The summed E-state index contributed by atoms with van der Waals surface area (Å²) in [4.78, 5) is 15.1. The minimum Gasteiger partial charge on any atom is -0.394 e. The van der Waals surface area contributed by atoms with Crippen LogP contribution in [0.2, 0.25) is 0 Å². The highest BCUT2D eigenvalue weighted by molar-refractivity contribution is 6.01. The number of rotatable bonds is 3. The second kappa shape index (κ2) is 6.77. The van der Waals surface area contributed by atoms with Crippen LogP contribution in [0.5, 0.6) is 0 Å². The van der Waals surface area contributed by atoms with Crippen LogP contribution in [0.15, 0.2) is 30.6 Å². The van der Waals surface area contributed by atoms with Crippen molar-refractivity contribution in [1.29, 1.82) is 0 Å². The minimum absolute atomic E-state index is 0.00292. The molecular weight excluding hydrogens is 302 g/mol. The van der Waals surface area contributed by atoms with Crippen LogP contribution in [0.4, 0.5) is 0 Å². The Morgan fingerprint density at radius 1 is 1.42 bits per heavy atom. The minimum atomic E-state index is -0.103. The van der Waals surface area contributed by atoms with Gasteiger partial charge in [0, 0.05) is 30.9 Å². The molecule has 2 atom stereocenters. The van der Waals surface area contributed by atoms with E-state index in [-0.39, 0.29) is 18.6 Å². The molecule has 2 aromatic rings. The van der Waals surface area contributed by atoms with Gasteiger partial charge in [0.15, 0.2) is 0 Å². The van der Waals surface area contributed by atoms with E-state index in [9.17, 15) is 9.90 Å². The quantitative estimate of drug-likeness (QED) is 0.943. The van der Waals surface area contributed by atoms with E-state index in [0.29, 0.717) is 18.0 Å². The maximum Gasteiger partial charge on any atom is 0.254 e. The molecule has 1 amide bonds. The highest BCUT2D eigenvalue weighted by Gasteiger charge is 2.32. The first-order valence-corrected chi connectivity index (χ1v) is 8.52. The molecule has 1 N–H and O–H groups in total.